The second-order valence-electron chi connectivity index (χ2n) is 4.86. The highest BCUT2D eigenvalue weighted by atomic mass is 32.2. The highest BCUT2D eigenvalue weighted by molar-refractivity contribution is 7.99. The molecule has 2 heterocycles. The van der Waals surface area contributed by atoms with E-state index in [1.165, 1.54) is 22.4 Å². The fourth-order valence-corrected chi connectivity index (χ4v) is 2.63. The van der Waals surface area contributed by atoms with Crippen LogP contribution in [0.5, 0.6) is 0 Å². The molecular formula is C14H19N5O3S. The van der Waals surface area contributed by atoms with E-state index in [0.29, 0.717) is 24.1 Å². The number of ether oxygens (including phenoxy) is 1. The van der Waals surface area contributed by atoms with Gasteiger partial charge in [0.05, 0.1) is 12.4 Å². The lowest BCUT2D eigenvalue weighted by Crippen LogP contribution is -2.28. The molecule has 0 saturated heterocycles. The van der Waals surface area contributed by atoms with Gasteiger partial charge in [0.25, 0.3) is 0 Å². The Balaban J connectivity index is 2.03. The Bertz CT molecular complexity index is 740. The number of carbonyl (C=O) groups is 1. The van der Waals surface area contributed by atoms with Gasteiger partial charge in [-0.3, -0.25) is 9.59 Å². The van der Waals surface area contributed by atoms with Crippen LogP contribution in [0.2, 0.25) is 0 Å². The fraction of sp³-hybridized carbons (Fsp3) is 0.429. The lowest BCUT2D eigenvalue weighted by atomic mass is 10.2. The van der Waals surface area contributed by atoms with Crippen LogP contribution in [-0.2, 0) is 23.6 Å². The summed E-state index contributed by atoms with van der Waals surface area (Å²) in [7, 11) is 5.09. The second kappa shape index (κ2) is 7.93. The van der Waals surface area contributed by atoms with Crippen LogP contribution in [0.25, 0.3) is 11.4 Å². The molecule has 0 atom stereocenters. The number of nitrogens with one attached hydrogen (secondary N) is 1. The number of amides is 1. The van der Waals surface area contributed by atoms with Crippen molar-refractivity contribution in [2.45, 2.75) is 5.16 Å². The van der Waals surface area contributed by atoms with E-state index in [4.69, 9.17) is 4.74 Å². The maximum atomic E-state index is 11.7. The van der Waals surface area contributed by atoms with E-state index in [1.54, 1.807) is 31.0 Å². The number of hydrogen-bond donors (Lipinski definition) is 1. The summed E-state index contributed by atoms with van der Waals surface area (Å²) >= 11 is 1.30. The van der Waals surface area contributed by atoms with E-state index in [0.717, 1.165) is 5.56 Å². The molecule has 1 N–H and O–H groups in total. The van der Waals surface area contributed by atoms with Crippen molar-refractivity contribution < 1.29 is 9.53 Å². The molecule has 0 saturated carbocycles. The molecule has 1 amide bonds. The van der Waals surface area contributed by atoms with Crippen molar-refractivity contribution in [2.75, 3.05) is 26.0 Å². The summed E-state index contributed by atoms with van der Waals surface area (Å²) in [6.07, 6.45) is 1.71. The number of hydrogen-bond acceptors (Lipinski definition) is 6. The first-order valence-electron chi connectivity index (χ1n) is 6.98. The second-order valence-corrected chi connectivity index (χ2v) is 5.81. The van der Waals surface area contributed by atoms with Gasteiger partial charge in [-0.1, -0.05) is 11.8 Å². The molecule has 8 nitrogen and oxygen atoms in total. The first-order valence-corrected chi connectivity index (χ1v) is 7.96. The molecule has 0 unspecified atom stereocenters. The highest BCUT2D eigenvalue weighted by Crippen LogP contribution is 2.21. The van der Waals surface area contributed by atoms with E-state index < -0.39 is 0 Å². The van der Waals surface area contributed by atoms with Gasteiger partial charge in [0.15, 0.2) is 11.0 Å². The van der Waals surface area contributed by atoms with Gasteiger partial charge in [0.2, 0.25) is 11.5 Å². The van der Waals surface area contributed by atoms with Crippen LogP contribution in [0, 0.1) is 0 Å². The summed E-state index contributed by atoms with van der Waals surface area (Å²) in [5, 5.41) is 11.6. The molecule has 2 rings (SSSR count). The van der Waals surface area contributed by atoms with Crippen molar-refractivity contribution in [2.24, 2.45) is 14.1 Å². The molecule has 0 spiro atoms. The first kappa shape index (κ1) is 17.2. The molecular weight excluding hydrogens is 318 g/mol. The quantitative estimate of drug-likeness (QED) is 0.566. The molecule has 0 fully saturated rings. The number of methoxy groups -OCH3 is 1. The number of rotatable bonds is 7. The third-order valence-corrected chi connectivity index (χ3v) is 4.16. The summed E-state index contributed by atoms with van der Waals surface area (Å²) in [5.41, 5.74) is 0.705. The molecule has 2 aromatic heterocycles. The van der Waals surface area contributed by atoms with E-state index in [2.05, 4.69) is 15.5 Å². The lowest BCUT2D eigenvalue weighted by Gasteiger charge is -2.06. The highest BCUT2D eigenvalue weighted by Gasteiger charge is 2.13. The molecule has 0 radical (unpaired) electrons. The molecule has 0 aromatic carbocycles. The topological polar surface area (TPSA) is 91.0 Å². The number of nitrogens with zero attached hydrogens (tertiary/aromatic N) is 4. The number of aryl methyl sites for hydroxylation is 1. The normalized spacial score (nSPS) is 10.7. The summed E-state index contributed by atoms with van der Waals surface area (Å²) in [5.74, 6) is 0.810. The fourth-order valence-electron chi connectivity index (χ4n) is 1.89. The van der Waals surface area contributed by atoms with E-state index in [-0.39, 0.29) is 17.2 Å². The Hall–Kier alpha value is -2.13. The maximum absolute atomic E-state index is 11.7. The van der Waals surface area contributed by atoms with E-state index in [1.807, 2.05) is 7.05 Å². The smallest absolute Gasteiger partial charge is 0.250 e. The van der Waals surface area contributed by atoms with Crippen LogP contribution in [0.15, 0.2) is 28.3 Å². The third-order valence-electron chi connectivity index (χ3n) is 3.14. The first-order chi connectivity index (χ1) is 11.0. The average molecular weight is 337 g/mol. The minimum absolute atomic E-state index is 0.0845. The van der Waals surface area contributed by atoms with Crippen molar-refractivity contribution in [3.63, 3.8) is 0 Å². The van der Waals surface area contributed by atoms with Crippen molar-refractivity contribution >= 4 is 17.7 Å². The van der Waals surface area contributed by atoms with Crippen LogP contribution in [0.1, 0.15) is 0 Å². The van der Waals surface area contributed by atoms with Gasteiger partial charge < -0.3 is 19.2 Å². The zero-order valence-corrected chi connectivity index (χ0v) is 14.1. The molecule has 0 aliphatic carbocycles. The molecule has 0 bridgehead atoms. The Morgan fingerprint density at radius 1 is 1.35 bits per heavy atom. The van der Waals surface area contributed by atoms with Gasteiger partial charge in [-0.05, 0) is 6.07 Å². The molecule has 124 valence electrons. The van der Waals surface area contributed by atoms with Crippen LogP contribution in [0.4, 0.5) is 0 Å². The number of thioether (sulfide) groups is 1. The number of carbonyl (C=O) groups excluding carboxylic acids is 1. The SMILES string of the molecule is COCCNC(=O)CSc1nnc(-c2ccc(=O)n(C)c2)n1C. The zero-order valence-electron chi connectivity index (χ0n) is 13.3. The minimum Gasteiger partial charge on any atom is -0.383 e. The van der Waals surface area contributed by atoms with E-state index in [9.17, 15) is 9.59 Å². The standard InChI is InChI=1S/C14H19N5O3S/c1-18-8-10(4-5-12(18)21)13-16-17-14(19(13)2)23-9-11(20)15-6-7-22-3/h4-5,8H,6-7,9H2,1-3H3,(H,15,20). The van der Waals surface area contributed by atoms with Gasteiger partial charge in [-0.25, -0.2) is 0 Å². The van der Waals surface area contributed by atoms with Gasteiger partial charge in [-0.2, -0.15) is 0 Å². The zero-order chi connectivity index (χ0) is 16.8. The molecule has 9 heteroatoms. The third kappa shape index (κ3) is 4.42. The Kier molecular flexibility index (Phi) is 5.94. The van der Waals surface area contributed by atoms with Crippen LogP contribution in [0.3, 0.4) is 0 Å². The number of pyridine rings is 1. The Labute approximate surface area is 137 Å². The maximum Gasteiger partial charge on any atom is 0.250 e. The van der Waals surface area contributed by atoms with Gasteiger partial charge >= 0.3 is 0 Å². The van der Waals surface area contributed by atoms with Crippen LogP contribution in [-0.4, -0.2) is 51.3 Å². The lowest BCUT2D eigenvalue weighted by molar-refractivity contribution is -0.118. The van der Waals surface area contributed by atoms with Crippen molar-refractivity contribution in [3.8, 4) is 11.4 Å². The Morgan fingerprint density at radius 2 is 2.13 bits per heavy atom. The predicted octanol–water partition coefficient (Wildman–Crippen LogP) is 0.0355. The van der Waals surface area contributed by atoms with Gasteiger partial charge in [0.1, 0.15) is 0 Å². The molecule has 23 heavy (non-hydrogen) atoms. The van der Waals surface area contributed by atoms with Crippen molar-refractivity contribution in [1.29, 1.82) is 0 Å². The summed E-state index contributed by atoms with van der Waals surface area (Å²) in [4.78, 5) is 23.1. The predicted molar refractivity (Wildman–Crippen MR) is 87.3 cm³/mol. The monoisotopic (exact) mass is 337 g/mol. The number of aromatic nitrogens is 4. The average Bonchev–Trinajstić information content (AvgIpc) is 2.89. The minimum atomic E-state index is -0.0850. The molecule has 2 aromatic rings. The van der Waals surface area contributed by atoms with Crippen molar-refractivity contribution in [3.05, 3.63) is 28.7 Å². The van der Waals surface area contributed by atoms with Crippen molar-refractivity contribution in [1.82, 2.24) is 24.6 Å². The van der Waals surface area contributed by atoms with E-state index >= 15 is 0 Å². The summed E-state index contributed by atoms with van der Waals surface area (Å²) < 4.78 is 8.16. The molecule has 0 aliphatic heterocycles. The molecule has 0 aliphatic rings. The summed E-state index contributed by atoms with van der Waals surface area (Å²) in [6.45, 7) is 0.968. The van der Waals surface area contributed by atoms with Gasteiger partial charge in [-0.15, -0.1) is 10.2 Å². The largest absolute Gasteiger partial charge is 0.383 e. The van der Waals surface area contributed by atoms with Gasteiger partial charge in [0, 0.05) is 45.6 Å². The summed E-state index contributed by atoms with van der Waals surface area (Å²) in [6, 6.07) is 3.19. The van der Waals surface area contributed by atoms with Crippen LogP contribution < -0.4 is 10.9 Å². The van der Waals surface area contributed by atoms with Crippen LogP contribution >= 0.6 is 11.8 Å². The Morgan fingerprint density at radius 3 is 2.83 bits per heavy atom.